The molecule has 2 atom stereocenters. The van der Waals surface area contributed by atoms with Crippen LogP contribution in [0.2, 0.25) is 0 Å². The van der Waals surface area contributed by atoms with Gasteiger partial charge in [0, 0.05) is 32.7 Å². The molecule has 0 aliphatic carbocycles. The number of fused-ring (bicyclic) bond motifs is 1. The number of hydrogen-bond acceptors (Lipinski definition) is 3. The van der Waals surface area contributed by atoms with Crippen molar-refractivity contribution in [3.63, 3.8) is 0 Å². The molecule has 1 heterocycles. The highest BCUT2D eigenvalue weighted by Crippen LogP contribution is 2.31. The van der Waals surface area contributed by atoms with Gasteiger partial charge in [-0.25, -0.2) is 0 Å². The maximum atomic E-state index is 6.30. The van der Waals surface area contributed by atoms with E-state index in [1.54, 1.807) is 0 Å². The maximum absolute atomic E-state index is 6.30. The fourth-order valence-electron chi connectivity index (χ4n) is 2.49. The Morgan fingerprint density at radius 3 is 2.56 bits per heavy atom. The van der Waals surface area contributed by atoms with Crippen LogP contribution >= 0.6 is 0 Å². The Hall–Kier alpha value is -1.22. The summed E-state index contributed by atoms with van der Waals surface area (Å²) < 4.78 is 0. The summed E-state index contributed by atoms with van der Waals surface area (Å²) in [5.74, 6) is 0.580. The lowest BCUT2D eigenvalue weighted by Gasteiger charge is -2.39. The van der Waals surface area contributed by atoms with Crippen molar-refractivity contribution in [3.8, 4) is 0 Å². The van der Waals surface area contributed by atoms with E-state index in [0.29, 0.717) is 5.92 Å². The van der Waals surface area contributed by atoms with Crippen LogP contribution in [-0.2, 0) is 0 Å². The van der Waals surface area contributed by atoms with Crippen molar-refractivity contribution in [2.24, 2.45) is 11.7 Å². The zero-order valence-corrected chi connectivity index (χ0v) is 11.8. The summed E-state index contributed by atoms with van der Waals surface area (Å²) in [6.45, 7) is 7.55. The predicted octanol–water partition coefficient (Wildman–Crippen LogP) is 2.32. The molecular formula is C15H25N3. The molecular weight excluding hydrogens is 222 g/mol. The second-order valence-electron chi connectivity index (χ2n) is 5.41. The molecule has 0 saturated carbocycles. The van der Waals surface area contributed by atoms with Gasteiger partial charge in [-0.15, -0.1) is 0 Å². The zero-order chi connectivity index (χ0) is 13.1. The Morgan fingerprint density at radius 2 is 1.89 bits per heavy atom. The van der Waals surface area contributed by atoms with Crippen LogP contribution in [0.25, 0.3) is 0 Å². The number of hydrogen-bond donors (Lipinski definition) is 1. The lowest BCUT2D eigenvalue weighted by Crippen LogP contribution is -2.46. The lowest BCUT2D eigenvalue weighted by atomic mass is 9.99. The molecule has 18 heavy (non-hydrogen) atoms. The van der Waals surface area contributed by atoms with Crippen LogP contribution in [0.4, 0.5) is 11.4 Å². The molecule has 2 rings (SSSR count). The number of rotatable bonds is 4. The Balaban J connectivity index is 2.14. The topological polar surface area (TPSA) is 32.5 Å². The van der Waals surface area contributed by atoms with Crippen LogP contribution in [0.3, 0.4) is 0 Å². The molecule has 0 aromatic heterocycles. The molecule has 3 nitrogen and oxygen atoms in total. The summed E-state index contributed by atoms with van der Waals surface area (Å²) in [5, 5.41) is 0. The van der Waals surface area contributed by atoms with E-state index >= 15 is 0 Å². The fourth-order valence-corrected chi connectivity index (χ4v) is 2.49. The van der Waals surface area contributed by atoms with Crippen molar-refractivity contribution in [1.82, 2.24) is 0 Å². The number of nitrogens with zero attached hydrogens (tertiary/aromatic N) is 2. The Bertz CT molecular complexity index is 391. The normalized spacial score (nSPS) is 18.4. The molecule has 1 aromatic carbocycles. The fraction of sp³-hybridized carbons (Fsp3) is 0.600. The van der Waals surface area contributed by atoms with E-state index in [-0.39, 0.29) is 6.04 Å². The van der Waals surface area contributed by atoms with E-state index in [2.05, 4.69) is 55.0 Å². The van der Waals surface area contributed by atoms with Crippen molar-refractivity contribution >= 4 is 11.4 Å². The minimum Gasteiger partial charge on any atom is -0.371 e. The Labute approximate surface area is 111 Å². The summed E-state index contributed by atoms with van der Waals surface area (Å²) in [7, 11) is 2.16. The van der Waals surface area contributed by atoms with E-state index in [1.165, 1.54) is 11.4 Å². The van der Waals surface area contributed by atoms with E-state index < -0.39 is 0 Å². The molecule has 3 heteroatoms. The van der Waals surface area contributed by atoms with Gasteiger partial charge in [0.2, 0.25) is 0 Å². The van der Waals surface area contributed by atoms with Gasteiger partial charge in [-0.05, 0) is 18.1 Å². The molecule has 2 unspecified atom stereocenters. The Kier molecular flexibility index (Phi) is 4.12. The minimum absolute atomic E-state index is 0.256. The van der Waals surface area contributed by atoms with Crippen molar-refractivity contribution in [2.45, 2.75) is 26.3 Å². The van der Waals surface area contributed by atoms with Gasteiger partial charge in [-0.1, -0.05) is 32.4 Å². The molecule has 1 aliphatic rings. The average Bonchev–Trinajstić information content (AvgIpc) is 2.41. The first-order chi connectivity index (χ1) is 8.63. The van der Waals surface area contributed by atoms with Crippen molar-refractivity contribution in [2.75, 3.05) is 36.5 Å². The van der Waals surface area contributed by atoms with Crippen LogP contribution < -0.4 is 15.5 Å². The average molecular weight is 247 g/mol. The van der Waals surface area contributed by atoms with Gasteiger partial charge < -0.3 is 15.5 Å². The highest BCUT2D eigenvalue weighted by atomic mass is 15.3. The van der Waals surface area contributed by atoms with Crippen LogP contribution in [0, 0.1) is 5.92 Å². The van der Waals surface area contributed by atoms with Crippen molar-refractivity contribution in [3.05, 3.63) is 24.3 Å². The quantitative estimate of drug-likeness (QED) is 0.886. The summed E-state index contributed by atoms with van der Waals surface area (Å²) in [6.07, 6.45) is 1.15. The smallest absolute Gasteiger partial charge is 0.0605 e. The third-order valence-electron chi connectivity index (χ3n) is 4.15. The molecule has 0 spiro atoms. The third-order valence-corrected chi connectivity index (χ3v) is 4.15. The summed E-state index contributed by atoms with van der Waals surface area (Å²) in [5.41, 5.74) is 8.94. The minimum atomic E-state index is 0.256. The number of likely N-dealkylation sites (N-methyl/N-ethyl adjacent to an activating group) is 1. The first-order valence-electron chi connectivity index (χ1n) is 6.94. The molecule has 0 radical (unpaired) electrons. The van der Waals surface area contributed by atoms with E-state index in [9.17, 15) is 0 Å². The Morgan fingerprint density at radius 1 is 1.22 bits per heavy atom. The molecule has 0 fully saturated rings. The zero-order valence-electron chi connectivity index (χ0n) is 11.8. The third kappa shape index (κ3) is 2.61. The second-order valence-corrected chi connectivity index (χ2v) is 5.41. The standard InChI is InChI=1S/C15H25N3/c1-4-12(2)13(16)11-18-10-9-17(3)14-7-5-6-8-15(14)18/h5-8,12-13H,4,9-11,16H2,1-3H3. The van der Waals surface area contributed by atoms with Gasteiger partial charge in [0.1, 0.15) is 0 Å². The van der Waals surface area contributed by atoms with E-state index in [1.807, 2.05) is 0 Å². The molecule has 1 aliphatic heterocycles. The number of anilines is 2. The maximum Gasteiger partial charge on any atom is 0.0605 e. The van der Waals surface area contributed by atoms with Crippen LogP contribution in [0.15, 0.2) is 24.3 Å². The van der Waals surface area contributed by atoms with Gasteiger partial charge >= 0.3 is 0 Å². The molecule has 100 valence electrons. The van der Waals surface area contributed by atoms with Gasteiger partial charge in [0.25, 0.3) is 0 Å². The monoisotopic (exact) mass is 247 g/mol. The number of para-hydroxylation sites is 2. The second kappa shape index (κ2) is 5.61. The van der Waals surface area contributed by atoms with Crippen LogP contribution in [0.1, 0.15) is 20.3 Å². The van der Waals surface area contributed by atoms with Gasteiger partial charge in [0.05, 0.1) is 11.4 Å². The first-order valence-corrected chi connectivity index (χ1v) is 6.94. The van der Waals surface area contributed by atoms with Gasteiger partial charge in [-0.2, -0.15) is 0 Å². The molecule has 0 amide bonds. The van der Waals surface area contributed by atoms with Crippen LogP contribution in [0.5, 0.6) is 0 Å². The summed E-state index contributed by atoms with van der Waals surface area (Å²) >= 11 is 0. The highest BCUT2D eigenvalue weighted by Gasteiger charge is 2.22. The molecule has 0 bridgehead atoms. The van der Waals surface area contributed by atoms with Gasteiger partial charge in [0.15, 0.2) is 0 Å². The first kappa shape index (κ1) is 13.2. The number of benzene rings is 1. The van der Waals surface area contributed by atoms with Crippen molar-refractivity contribution in [1.29, 1.82) is 0 Å². The molecule has 2 N–H and O–H groups in total. The largest absolute Gasteiger partial charge is 0.371 e. The molecule has 0 saturated heterocycles. The predicted molar refractivity (Wildman–Crippen MR) is 79.4 cm³/mol. The van der Waals surface area contributed by atoms with E-state index in [0.717, 1.165) is 26.1 Å². The summed E-state index contributed by atoms with van der Waals surface area (Å²) in [4.78, 5) is 4.76. The van der Waals surface area contributed by atoms with Crippen molar-refractivity contribution < 1.29 is 0 Å². The van der Waals surface area contributed by atoms with Gasteiger partial charge in [-0.3, -0.25) is 0 Å². The SMILES string of the molecule is CCC(C)C(N)CN1CCN(C)c2ccccc21. The van der Waals surface area contributed by atoms with E-state index in [4.69, 9.17) is 5.73 Å². The number of nitrogens with two attached hydrogens (primary N) is 1. The summed E-state index contributed by atoms with van der Waals surface area (Å²) in [6, 6.07) is 8.86. The highest BCUT2D eigenvalue weighted by molar-refractivity contribution is 5.73. The molecule has 1 aromatic rings. The van der Waals surface area contributed by atoms with Crippen LogP contribution in [-0.4, -0.2) is 32.7 Å². The lowest BCUT2D eigenvalue weighted by molar-refractivity contribution is 0.437.